The Balaban J connectivity index is 1.42. The lowest BCUT2D eigenvalue weighted by molar-refractivity contribution is -0.373. The minimum absolute atomic E-state index is 0.0225. The Bertz CT molecular complexity index is 958. The molecule has 19 heteroatoms. The van der Waals surface area contributed by atoms with Crippen molar-refractivity contribution < 1.29 is 90.1 Å². The molecule has 0 aromatic carbocycles. The van der Waals surface area contributed by atoms with Crippen LogP contribution < -0.4 is 5.32 Å². The molecule has 3 fully saturated rings. The van der Waals surface area contributed by atoms with Crippen LogP contribution in [0, 0.1) is 0 Å². The first-order valence-corrected chi connectivity index (χ1v) is 14.1. The number of aliphatic hydroxyl groups excluding tert-OH is 13. The lowest BCUT2D eigenvalue weighted by Crippen LogP contribution is -2.68. The van der Waals surface area contributed by atoms with E-state index in [1.807, 2.05) is 0 Å². The van der Waals surface area contributed by atoms with Gasteiger partial charge in [-0.05, 0) is 12.5 Å². The van der Waals surface area contributed by atoms with Crippen molar-refractivity contribution in [2.24, 2.45) is 0 Å². The van der Waals surface area contributed by atoms with Gasteiger partial charge in [0.05, 0.1) is 38.0 Å². The monoisotopic (exact) mass is 645 g/mol. The van der Waals surface area contributed by atoms with Crippen molar-refractivity contribution in [1.82, 2.24) is 5.32 Å². The van der Waals surface area contributed by atoms with Crippen molar-refractivity contribution >= 4 is 0 Å². The molecule has 14 N–H and O–H groups in total. The molecule has 3 heterocycles. The number of rotatable bonds is 9. The predicted molar refractivity (Wildman–Crippen MR) is 138 cm³/mol. The molecule has 19 atom stereocenters. The van der Waals surface area contributed by atoms with Crippen molar-refractivity contribution in [2.45, 2.75) is 123 Å². The summed E-state index contributed by atoms with van der Waals surface area (Å²) in [6, 6.07) is -2.17. The minimum atomic E-state index is -1.93. The third-order valence-corrected chi connectivity index (χ3v) is 8.48. The second kappa shape index (κ2) is 14.8. The molecule has 0 unspecified atom stereocenters. The minimum Gasteiger partial charge on any atom is -0.394 e. The van der Waals surface area contributed by atoms with E-state index in [1.54, 1.807) is 0 Å². The summed E-state index contributed by atoms with van der Waals surface area (Å²) < 4.78 is 27.4. The fourth-order valence-corrected chi connectivity index (χ4v) is 5.81. The summed E-state index contributed by atoms with van der Waals surface area (Å²) >= 11 is 0. The van der Waals surface area contributed by atoms with Crippen LogP contribution in [0.5, 0.6) is 0 Å². The van der Waals surface area contributed by atoms with Crippen LogP contribution in [0.3, 0.4) is 0 Å². The molecule has 256 valence electrons. The van der Waals surface area contributed by atoms with E-state index in [0.717, 1.165) is 0 Å². The predicted octanol–water partition coefficient (Wildman–Crippen LogP) is -8.56. The lowest BCUT2D eigenvalue weighted by Gasteiger charge is -2.48. The largest absolute Gasteiger partial charge is 0.394 e. The molecule has 44 heavy (non-hydrogen) atoms. The average Bonchev–Trinajstić information content (AvgIpc) is 3.00. The van der Waals surface area contributed by atoms with Gasteiger partial charge in [0.25, 0.3) is 0 Å². The first kappa shape index (κ1) is 35.8. The van der Waals surface area contributed by atoms with Crippen molar-refractivity contribution in [3.63, 3.8) is 0 Å². The summed E-state index contributed by atoms with van der Waals surface area (Å²) in [6.45, 7) is -0.753. The maximum absolute atomic E-state index is 10.9. The summed E-state index contributed by atoms with van der Waals surface area (Å²) in [5, 5.41) is 136. The van der Waals surface area contributed by atoms with Crippen LogP contribution >= 0.6 is 0 Å². The first-order chi connectivity index (χ1) is 20.7. The Hall–Kier alpha value is -1.02. The molecule has 0 aromatic rings. The highest BCUT2D eigenvalue weighted by Crippen LogP contribution is 2.32. The summed E-state index contributed by atoms with van der Waals surface area (Å²) in [6.07, 6.45) is -26.6. The van der Waals surface area contributed by atoms with Gasteiger partial charge in [0.15, 0.2) is 18.9 Å². The SMILES string of the molecule is C[C@@H]1O[C@H](O[C@H]2[C@@H](O)[C@@H](O)[C@@H](O[C@H]3[C@@H](O)[C@@H](O)[C@@H](O)O[C@H]3CO)O[C@H]2CO)[C@H](O)[C@H](O)[C@@H]1N[C@@H]1C=C(CO)[C@H](O)[C@H](O)[C@H]1O. The maximum atomic E-state index is 10.9. The molecule has 0 aromatic heterocycles. The van der Waals surface area contributed by atoms with Crippen LogP contribution in [0.15, 0.2) is 11.6 Å². The number of hydrogen-bond acceptors (Lipinski definition) is 19. The van der Waals surface area contributed by atoms with Gasteiger partial charge in [0.2, 0.25) is 0 Å². The van der Waals surface area contributed by atoms with Crippen LogP contribution in [0.2, 0.25) is 0 Å². The molecular weight excluding hydrogens is 602 g/mol. The van der Waals surface area contributed by atoms with Crippen molar-refractivity contribution in [3.05, 3.63) is 11.6 Å². The highest BCUT2D eigenvalue weighted by Gasteiger charge is 2.53. The zero-order valence-corrected chi connectivity index (χ0v) is 23.5. The van der Waals surface area contributed by atoms with Crippen LogP contribution in [-0.2, 0) is 23.7 Å². The van der Waals surface area contributed by atoms with Gasteiger partial charge in [-0.3, -0.25) is 0 Å². The van der Waals surface area contributed by atoms with Gasteiger partial charge in [0.1, 0.15) is 79.4 Å². The molecule has 19 nitrogen and oxygen atoms in total. The molecule has 0 radical (unpaired) electrons. The van der Waals surface area contributed by atoms with Crippen LogP contribution in [0.1, 0.15) is 6.92 Å². The summed E-state index contributed by atoms with van der Waals surface area (Å²) in [5.41, 5.74) is 0.0225. The lowest BCUT2D eigenvalue weighted by atomic mass is 9.86. The molecule has 4 rings (SSSR count). The molecule has 4 aliphatic rings. The smallest absolute Gasteiger partial charge is 0.187 e. The van der Waals surface area contributed by atoms with Crippen molar-refractivity contribution in [2.75, 3.05) is 19.8 Å². The fourth-order valence-electron chi connectivity index (χ4n) is 5.81. The average molecular weight is 646 g/mol. The first-order valence-electron chi connectivity index (χ1n) is 14.1. The second-order valence-corrected chi connectivity index (χ2v) is 11.4. The van der Waals surface area contributed by atoms with E-state index in [2.05, 4.69) is 5.32 Å². The Morgan fingerprint density at radius 2 is 1.16 bits per heavy atom. The summed E-state index contributed by atoms with van der Waals surface area (Å²) in [7, 11) is 0. The molecule has 3 aliphatic heterocycles. The molecule has 0 amide bonds. The summed E-state index contributed by atoms with van der Waals surface area (Å²) in [5.74, 6) is 0. The molecular formula is C25H43NO18. The van der Waals surface area contributed by atoms with E-state index in [-0.39, 0.29) is 5.57 Å². The quantitative estimate of drug-likeness (QED) is 0.103. The summed E-state index contributed by atoms with van der Waals surface area (Å²) in [4.78, 5) is 0. The van der Waals surface area contributed by atoms with Crippen molar-refractivity contribution in [1.29, 1.82) is 0 Å². The number of hydrogen-bond donors (Lipinski definition) is 14. The zero-order chi connectivity index (χ0) is 32.6. The van der Waals surface area contributed by atoms with Gasteiger partial charge >= 0.3 is 0 Å². The van der Waals surface area contributed by atoms with Crippen molar-refractivity contribution in [3.8, 4) is 0 Å². The van der Waals surface area contributed by atoms with E-state index in [1.165, 1.54) is 13.0 Å². The van der Waals surface area contributed by atoms with Gasteiger partial charge in [-0.1, -0.05) is 6.08 Å². The van der Waals surface area contributed by atoms with Gasteiger partial charge in [-0.2, -0.15) is 0 Å². The molecule has 0 saturated carbocycles. The van der Waals surface area contributed by atoms with Gasteiger partial charge < -0.3 is 95.4 Å². The van der Waals surface area contributed by atoms with E-state index in [0.29, 0.717) is 0 Å². The fraction of sp³-hybridized carbons (Fsp3) is 0.920. The molecule has 1 aliphatic carbocycles. The van der Waals surface area contributed by atoms with E-state index in [9.17, 15) is 66.4 Å². The van der Waals surface area contributed by atoms with E-state index in [4.69, 9.17) is 23.7 Å². The van der Waals surface area contributed by atoms with Gasteiger partial charge in [-0.15, -0.1) is 0 Å². The maximum Gasteiger partial charge on any atom is 0.187 e. The Morgan fingerprint density at radius 1 is 0.636 bits per heavy atom. The van der Waals surface area contributed by atoms with E-state index < -0.39 is 136 Å². The molecule has 0 bridgehead atoms. The third-order valence-electron chi connectivity index (χ3n) is 8.48. The highest BCUT2D eigenvalue weighted by atomic mass is 16.7. The second-order valence-electron chi connectivity index (χ2n) is 11.4. The van der Waals surface area contributed by atoms with Crippen LogP contribution in [0.25, 0.3) is 0 Å². The van der Waals surface area contributed by atoms with E-state index >= 15 is 0 Å². The number of aliphatic hydroxyl groups is 13. The van der Waals surface area contributed by atoms with Crippen LogP contribution in [0.4, 0.5) is 0 Å². The number of nitrogens with one attached hydrogen (secondary N) is 1. The Labute approximate surface area is 250 Å². The standard InChI is InChI=1S/C25H43NO18/c1-6-11(26-8-2-7(3-27)12(30)15(33)13(8)31)14(32)19(37)24(40-6)43-22-10(5-29)42-25(20(38)17(22)35)44-21-9(4-28)41-23(39)18(36)16(21)34/h2,6,8-39H,3-5H2,1H3/t6-,8+,9-,10-,11+,12-,13-,14+,15-,16-,17-,18+,19+,20+,21+,22+,23-,24+,25+/m0/s1. The third kappa shape index (κ3) is 6.96. The Morgan fingerprint density at radius 3 is 1.73 bits per heavy atom. The molecule has 3 saturated heterocycles. The van der Waals surface area contributed by atoms with Gasteiger partial charge in [-0.25, -0.2) is 0 Å². The zero-order valence-electron chi connectivity index (χ0n) is 23.5. The number of ether oxygens (including phenoxy) is 5. The van der Waals surface area contributed by atoms with Crippen LogP contribution in [-0.4, -0.2) is 203 Å². The highest BCUT2D eigenvalue weighted by molar-refractivity contribution is 5.22. The molecule has 0 spiro atoms. The van der Waals surface area contributed by atoms with Gasteiger partial charge in [0, 0.05) is 0 Å². The Kier molecular flexibility index (Phi) is 12.1. The topological polar surface area (TPSA) is 321 Å². The normalized spacial score (nSPS) is 52.0.